The number of nitriles is 1. The lowest BCUT2D eigenvalue weighted by molar-refractivity contribution is -0.125. The number of benzene rings is 2. The fraction of sp³-hybridized carbons (Fsp3) is 0.207. The Labute approximate surface area is 219 Å². The van der Waals surface area contributed by atoms with Crippen LogP contribution in [0.4, 0.5) is 5.69 Å². The van der Waals surface area contributed by atoms with Gasteiger partial charge in [-0.3, -0.25) is 14.4 Å². The zero-order valence-corrected chi connectivity index (χ0v) is 21.5. The number of hydrogen-bond donors (Lipinski definition) is 1. The molecule has 0 atom stereocenters. The Bertz CT molecular complexity index is 1600. The van der Waals surface area contributed by atoms with Crippen molar-refractivity contribution in [3.05, 3.63) is 88.5 Å². The van der Waals surface area contributed by atoms with E-state index in [2.05, 4.69) is 10.5 Å². The Balaban J connectivity index is 1.81. The van der Waals surface area contributed by atoms with Crippen molar-refractivity contribution < 1.29 is 23.3 Å². The first-order valence-electron chi connectivity index (χ1n) is 12.1. The highest BCUT2D eigenvalue weighted by atomic mass is 16.5. The molecule has 4 rings (SSSR count). The molecule has 2 aromatic carbocycles. The molecule has 38 heavy (non-hydrogen) atoms. The number of fused-ring (bicyclic) bond motifs is 1. The number of carbonyl (C=O) groups excluding carboxylic acids is 3. The molecule has 9 nitrogen and oxygen atoms in total. The normalized spacial score (nSPS) is 11.3. The molecule has 0 saturated heterocycles. The molecule has 2 aromatic heterocycles. The van der Waals surface area contributed by atoms with Gasteiger partial charge in [-0.25, -0.2) is 0 Å². The molecular formula is C29H26N4O5. The summed E-state index contributed by atoms with van der Waals surface area (Å²) in [6.45, 7) is 8.46. The number of allylic oxidation sites excluding steroid dienone is 1. The number of nitrogens with one attached hydrogen (secondary N) is 1. The summed E-state index contributed by atoms with van der Waals surface area (Å²) >= 11 is 0. The maximum atomic E-state index is 13.5. The molecule has 0 fully saturated rings. The first-order valence-corrected chi connectivity index (χ1v) is 12.1. The fourth-order valence-electron chi connectivity index (χ4n) is 4.05. The van der Waals surface area contributed by atoms with E-state index in [1.807, 2.05) is 26.8 Å². The number of rotatable bonds is 8. The lowest BCUT2D eigenvalue weighted by Gasteiger charge is -2.16. The number of hydrogen-bond acceptors (Lipinski definition) is 7. The van der Waals surface area contributed by atoms with E-state index in [1.54, 1.807) is 36.1 Å². The van der Waals surface area contributed by atoms with Crippen molar-refractivity contribution in [2.45, 2.75) is 27.7 Å². The highest BCUT2D eigenvalue weighted by Gasteiger charge is 2.25. The fourth-order valence-corrected chi connectivity index (χ4v) is 4.05. The summed E-state index contributed by atoms with van der Waals surface area (Å²) < 4.78 is 11.0. The van der Waals surface area contributed by atoms with E-state index in [0.717, 1.165) is 11.1 Å². The molecule has 0 saturated carbocycles. The van der Waals surface area contributed by atoms with Gasteiger partial charge in [0.2, 0.25) is 11.7 Å². The van der Waals surface area contributed by atoms with E-state index in [0.29, 0.717) is 40.9 Å². The van der Waals surface area contributed by atoms with Gasteiger partial charge in [-0.2, -0.15) is 5.26 Å². The van der Waals surface area contributed by atoms with Crippen LogP contribution in [0.15, 0.2) is 63.7 Å². The predicted octanol–water partition coefficient (Wildman–Crippen LogP) is 5.36. The van der Waals surface area contributed by atoms with E-state index >= 15 is 0 Å². The molecule has 1 N–H and O–H groups in total. The molecule has 0 bridgehead atoms. The molecule has 0 spiro atoms. The van der Waals surface area contributed by atoms with Gasteiger partial charge in [0.1, 0.15) is 16.9 Å². The van der Waals surface area contributed by atoms with Gasteiger partial charge >= 0.3 is 0 Å². The van der Waals surface area contributed by atoms with Gasteiger partial charge in [0.15, 0.2) is 5.76 Å². The molecule has 2 heterocycles. The topological polar surface area (TPSA) is 129 Å². The standard InChI is InChI=1S/C29H26N4O5/c1-5-33(6-2)25(34)13-17(3)21-11-12-24-22(14-21)26(32-29(36)23-16-31-38-18(23)4)28(37-24)27(35)20-9-7-19(15-30)8-10-20/h7-14,16H,5-6H2,1-4H3,(H,32,36)/b17-13-. The highest BCUT2D eigenvalue weighted by Crippen LogP contribution is 2.35. The smallest absolute Gasteiger partial charge is 0.261 e. The molecule has 9 heteroatoms. The summed E-state index contributed by atoms with van der Waals surface area (Å²) in [4.78, 5) is 40.9. The SMILES string of the molecule is CCN(CC)C(=O)/C=C(/C)c1ccc2oc(C(=O)c3ccc(C#N)cc3)c(NC(=O)c3cnoc3C)c2c1. The largest absolute Gasteiger partial charge is 0.450 e. The third kappa shape index (κ3) is 5.11. The Hall–Kier alpha value is -4.97. The molecule has 0 aliphatic rings. The summed E-state index contributed by atoms with van der Waals surface area (Å²) in [5, 5.41) is 16.0. The van der Waals surface area contributed by atoms with Gasteiger partial charge in [-0.1, -0.05) is 11.2 Å². The Morgan fingerprint density at radius 3 is 2.37 bits per heavy atom. The van der Waals surface area contributed by atoms with Crippen LogP contribution in [0, 0.1) is 18.3 Å². The average molecular weight is 511 g/mol. The van der Waals surface area contributed by atoms with Gasteiger partial charge in [-0.15, -0.1) is 0 Å². The van der Waals surface area contributed by atoms with Crippen molar-refractivity contribution in [2.75, 3.05) is 18.4 Å². The van der Waals surface area contributed by atoms with E-state index in [1.165, 1.54) is 30.5 Å². The summed E-state index contributed by atoms with van der Waals surface area (Å²) in [5.74, 6) is -0.828. The molecule has 0 radical (unpaired) electrons. The monoisotopic (exact) mass is 510 g/mol. The second kappa shape index (κ2) is 11.0. The van der Waals surface area contributed by atoms with Crippen molar-refractivity contribution in [2.24, 2.45) is 0 Å². The maximum absolute atomic E-state index is 13.5. The molecule has 4 aromatic rings. The van der Waals surface area contributed by atoms with Crippen LogP contribution in [-0.4, -0.2) is 40.7 Å². The summed E-state index contributed by atoms with van der Waals surface area (Å²) in [5.41, 5.74) is 2.93. The van der Waals surface area contributed by atoms with Gasteiger partial charge in [0.25, 0.3) is 5.91 Å². The minimum absolute atomic E-state index is 0.0647. The first-order chi connectivity index (χ1) is 18.3. The number of likely N-dealkylation sites (N-methyl/N-ethyl adjacent to an activating group) is 1. The van der Waals surface area contributed by atoms with Crippen LogP contribution in [0.2, 0.25) is 0 Å². The average Bonchev–Trinajstić information content (AvgIpc) is 3.52. The lowest BCUT2D eigenvalue weighted by Crippen LogP contribution is -2.28. The number of furan rings is 1. The molecular weight excluding hydrogens is 484 g/mol. The molecule has 0 aliphatic heterocycles. The van der Waals surface area contributed by atoms with Crippen LogP contribution < -0.4 is 5.32 Å². The van der Waals surface area contributed by atoms with Crippen LogP contribution in [0.3, 0.4) is 0 Å². The Kier molecular flexibility index (Phi) is 7.53. The number of carbonyl (C=O) groups is 3. The zero-order chi connectivity index (χ0) is 27.4. The van der Waals surface area contributed by atoms with Crippen LogP contribution in [0.1, 0.15) is 64.1 Å². The number of nitrogens with zero attached hydrogens (tertiary/aromatic N) is 3. The van der Waals surface area contributed by atoms with Crippen molar-refractivity contribution >= 4 is 39.8 Å². The van der Waals surface area contributed by atoms with E-state index < -0.39 is 11.7 Å². The maximum Gasteiger partial charge on any atom is 0.261 e. The van der Waals surface area contributed by atoms with Gasteiger partial charge in [0, 0.05) is 30.1 Å². The third-order valence-electron chi connectivity index (χ3n) is 6.27. The number of aromatic nitrogens is 1. The van der Waals surface area contributed by atoms with Gasteiger partial charge in [-0.05, 0) is 75.2 Å². The van der Waals surface area contributed by atoms with Crippen molar-refractivity contribution in [3.63, 3.8) is 0 Å². The van der Waals surface area contributed by atoms with Gasteiger partial charge in [0.05, 0.1) is 23.5 Å². The zero-order valence-electron chi connectivity index (χ0n) is 21.5. The summed E-state index contributed by atoms with van der Waals surface area (Å²) in [7, 11) is 0. The molecule has 192 valence electrons. The van der Waals surface area contributed by atoms with Crippen molar-refractivity contribution in [3.8, 4) is 6.07 Å². The quantitative estimate of drug-likeness (QED) is 0.250. The minimum Gasteiger partial charge on any atom is -0.450 e. The minimum atomic E-state index is -0.519. The van der Waals surface area contributed by atoms with Crippen LogP contribution in [0.5, 0.6) is 0 Å². The predicted molar refractivity (Wildman–Crippen MR) is 142 cm³/mol. The molecule has 2 amide bonds. The second-order valence-electron chi connectivity index (χ2n) is 8.62. The number of aryl methyl sites for hydroxylation is 1. The lowest BCUT2D eigenvalue weighted by atomic mass is 10.0. The first kappa shape index (κ1) is 26.1. The van der Waals surface area contributed by atoms with E-state index in [4.69, 9.17) is 14.2 Å². The summed E-state index contributed by atoms with van der Waals surface area (Å²) in [6, 6.07) is 13.4. The van der Waals surface area contributed by atoms with Crippen molar-refractivity contribution in [1.29, 1.82) is 5.26 Å². The number of ketones is 1. The highest BCUT2D eigenvalue weighted by molar-refractivity contribution is 6.19. The van der Waals surface area contributed by atoms with Crippen molar-refractivity contribution in [1.82, 2.24) is 10.1 Å². The van der Waals surface area contributed by atoms with Crippen LogP contribution in [-0.2, 0) is 4.79 Å². The Morgan fingerprint density at radius 2 is 1.76 bits per heavy atom. The Morgan fingerprint density at radius 1 is 1.08 bits per heavy atom. The van der Waals surface area contributed by atoms with Crippen LogP contribution in [0.25, 0.3) is 16.5 Å². The number of amides is 2. The second-order valence-corrected chi connectivity index (χ2v) is 8.62. The molecule has 0 aliphatic carbocycles. The third-order valence-corrected chi connectivity index (χ3v) is 6.27. The van der Waals surface area contributed by atoms with E-state index in [9.17, 15) is 14.4 Å². The van der Waals surface area contributed by atoms with E-state index in [-0.39, 0.29) is 22.9 Å². The van der Waals surface area contributed by atoms with Gasteiger partial charge < -0.3 is 19.2 Å². The van der Waals surface area contributed by atoms with Crippen LogP contribution >= 0.6 is 0 Å². The summed E-state index contributed by atoms with van der Waals surface area (Å²) in [6.07, 6.45) is 2.86. The molecule has 0 unspecified atom stereocenters. The number of anilines is 1.